The monoisotopic (exact) mass is 337 g/mol. The Balaban J connectivity index is 1.67. The largest absolute Gasteiger partial charge is 0.268 e. The number of hydrogen-bond donors (Lipinski definition) is 0. The summed E-state index contributed by atoms with van der Waals surface area (Å²) in [5.74, 6) is -0.593. The fourth-order valence-electron chi connectivity index (χ4n) is 2.83. The van der Waals surface area contributed by atoms with E-state index in [-0.39, 0.29) is 11.8 Å². The summed E-state index contributed by atoms with van der Waals surface area (Å²) in [7, 11) is 0. The second-order valence-corrected chi connectivity index (χ2v) is 5.95. The molecule has 0 unspecified atom stereocenters. The molecule has 2 amide bonds. The first kappa shape index (κ1) is 14.7. The van der Waals surface area contributed by atoms with Gasteiger partial charge in [0.25, 0.3) is 11.8 Å². The van der Waals surface area contributed by atoms with E-state index in [0.29, 0.717) is 28.4 Å². The lowest BCUT2D eigenvalue weighted by molar-refractivity contribution is 0.0926. The van der Waals surface area contributed by atoms with Crippen LogP contribution in [0.2, 0.25) is 5.02 Å². The van der Waals surface area contributed by atoms with E-state index in [1.165, 1.54) is 4.90 Å². The lowest BCUT2D eigenvalue weighted by atomic mass is 10.1. The minimum absolute atomic E-state index is 0.296. The van der Waals surface area contributed by atoms with E-state index < -0.39 is 0 Å². The maximum absolute atomic E-state index is 12.6. The van der Waals surface area contributed by atoms with Gasteiger partial charge >= 0.3 is 0 Å². The molecule has 0 atom stereocenters. The molecule has 0 radical (unpaired) electrons. The Bertz CT molecular complexity index is 929. The van der Waals surface area contributed by atoms with E-state index in [0.717, 1.165) is 5.56 Å². The number of halogens is 1. The summed E-state index contributed by atoms with van der Waals surface area (Å²) in [5, 5.41) is 4.70. The van der Waals surface area contributed by atoms with Crippen molar-refractivity contribution in [2.75, 3.05) is 4.90 Å². The number of amides is 2. The van der Waals surface area contributed by atoms with Gasteiger partial charge in [0.15, 0.2) is 0 Å². The number of aromatic nitrogens is 2. The molecule has 1 aliphatic rings. The number of rotatable bonds is 3. The van der Waals surface area contributed by atoms with Gasteiger partial charge in [-0.05, 0) is 29.8 Å². The summed E-state index contributed by atoms with van der Waals surface area (Å²) in [5.41, 5.74) is 2.35. The number of fused-ring (bicyclic) bond motifs is 1. The predicted octanol–water partition coefficient (Wildman–Crippen LogP) is 3.39. The first-order valence-corrected chi connectivity index (χ1v) is 7.76. The summed E-state index contributed by atoms with van der Waals surface area (Å²) >= 11 is 5.87. The molecule has 0 saturated heterocycles. The summed E-state index contributed by atoms with van der Waals surface area (Å²) in [4.78, 5) is 26.3. The van der Waals surface area contributed by atoms with Crippen LogP contribution in [0.3, 0.4) is 0 Å². The molecule has 2 aromatic carbocycles. The van der Waals surface area contributed by atoms with E-state index in [1.54, 1.807) is 47.4 Å². The van der Waals surface area contributed by atoms with Crippen molar-refractivity contribution in [3.05, 3.63) is 82.6 Å². The third-order valence-electron chi connectivity index (χ3n) is 3.91. The Morgan fingerprint density at radius 1 is 0.958 bits per heavy atom. The van der Waals surface area contributed by atoms with Gasteiger partial charge in [-0.2, -0.15) is 5.10 Å². The van der Waals surface area contributed by atoms with Crippen LogP contribution in [0.4, 0.5) is 5.69 Å². The van der Waals surface area contributed by atoms with Crippen molar-refractivity contribution >= 4 is 29.1 Å². The topological polar surface area (TPSA) is 55.2 Å². The van der Waals surface area contributed by atoms with E-state index in [4.69, 9.17) is 11.6 Å². The summed E-state index contributed by atoms with van der Waals surface area (Å²) in [6.45, 7) is 0.504. The lowest BCUT2D eigenvalue weighted by Crippen LogP contribution is -2.29. The standard InChI is InChI=1S/C18H12ClN3O2/c19-13-9-20-21(11-13)10-12-4-3-5-14(8-12)22-17(23)15-6-1-2-7-16(15)18(22)24/h1-9,11H,10H2. The molecule has 0 fully saturated rings. The summed E-state index contributed by atoms with van der Waals surface area (Å²) < 4.78 is 1.70. The molecule has 0 N–H and O–H groups in total. The zero-order valence-electron chi connectivity index (χ0n) is 12.5. The van der Waals surface area contributed by atoms with Crippen molar-refractivity contribution in [3.8, 4) is 0 Å². The number of carbonyl (C=O) groups is 2. The number of benzene rings is 2. The highest BCUT2D eigenvalue weighted by molar-refractivity contribution is 6.34. The zero-order chi connectivity index (χ0) is 16.7. The van der Waals surface area contributed by atoms with E-state index in [2.05, 4.69) is 5.10 Å². The molecule has 0 aliphatic carbocycles. The van der Waals surface area contributed by atoms with Crippen LogP contribution in [0.15, 0.2) is 60.9 Å². The average molecular weight is 338 g/mol. The van der Waals surface area contributed by atoms with Crippen molar-refractivity contribution in [2.24, 2.45) is 0 Å². The second-order valence-electron chi connectivity index (χ2n) is 5.52. The molecular weight excluding hydrogens is 326 g/mol. The van der Waals surface area contributed by atoms with Crippen molar-refractivity contribution < 1.29 is 9.59 Å². The highest BCUT2D eigenvalue weighted by atomic mass is 35.5. The normalized spacial score (nSPS) is 13.5. The predicted molar refractivity (Wildman–Crippen MR) is 90.4 cm³/mol. The molecule has 6 heteroatoms. The average Bonchev–Trinajstić information content (AvgIpc) is 3.10. The molecule has 24 heavy (non-hydrogen) atoms. The molecule has 1 aliphatic heterocycles. The summed E-state index contributed by atoms with van der Waals surface area (Å²) in [6.07, 6.45) is 3.28. The number of carbonyl (C=O) groups excluding carboxylic acids is 2. The molecule has 0 bridgehead atoms. The van der Waals surface area contributed by atoms with Crippen LogP contribution < -0.4 is 4.90 Å². The SMILES string of the molecule is O=C1c2ccccc2C(=O)N1c1cccc(Cn2cc(Cl)cn2)c1. The molecule has 4 rings (SSSR count). The van der Waals surface area contributed by atoms with Gasteiger partial charge in [-0.1, -0.05) is 35.9 Å². The van der Waals surface area contributed by atoms with Crippen molar-refractivity contribution in [2.45, 2.75) is 6.54 Å². The molecule has 118 valence electrons. The highest BCUT2D eigenvalue weighted by Crippen LogP contribution is 2.28. The van der Waals surface area contributed by atoms with E-state index >= 15 is 0 Å². The highest BCUT2D eigenvalue weighted by Gasteiger charge is 2.36. The first-order chi connectivity index (χ1) is 11.6. The van der Waals surface area contributed by atoms with E-state index in [9.17, 15) is 9.59 Å². The van der Waals surface area contributed by atoms with Gasteiger partial charge in [0.05, 0.1) is 34.6 Å². The number of anilines is 1. The molecular formula is C18H12ClN3O2. The Morgan fingerprint density at radius 3 is 2.29 bits per heavy atom. The number of imide groups is 1. The van der Waals surface area contributed by atoms with Crippen LogP contribution in [-0.2, 0) is 6.54 Å². The third kappa shape index (κ3) is 2.39. The maximum Gasteiger partial charge on any atom is 0.266 e. The molecule has 5 nitrogen and oxygen atoms in total. The Labute approximate surface area is 143 Å². The van der Waals surface area contributed by atoms with Gasteiger partial charge < -0.3 is 0 Å². The van der Waals surface area contributed by atoms with Crippen LogP contribution in [0.25, 0.3) is 0 Å². The lowest BCUT2D eigenvalue weighted by Gasteiger charge is -2.15. The fraction of sp³-hybridized carbons (Fsp3) is 0.0556. The van der Waals surface area contributed by atoms with Crippen LogP contribution in [0.1, 0.15) is 26.3 Å². The van der Waals surface area contributed by atoms with Crippen molar-refractivity contribution in [1.82, 2.24) is 9.78 Å². The van der Waals surface area contributed by atoms with Gasteiger partial charge in [-0.3, -0.25) is 14.3 Å². The maximum atomic E-state index is 12.6. The Hall–Kier alpha value is -2.92. The zero-order valence-corrected chi connectivity index (χ0v) is 13.3. The van der Waals surface area contributed by atoms with Crippen LogP contribution >= 0.6 is 11.6 Å². The van der Waals surface area contributed by atoms with Crippen LogP contribution in [0.5, 0.6) is 0 Å². The van der Waals surface area contributed by atoms with E-state index in [1.807, 2.05) is 18.2 Å². The smallest absolute Gasteiger partial charge is 0.266 e. The fourth-order valence-corrected chi connectivity index (χ4v) is 2.99. The Kier molecular flexibility index (Phi) is 3.43. The van der Waals surface area contributed by atoms with Gasteiger partial charge in [0, 0.05) is 6.20 Å². The molecule has 0 saturated carbocycles. The van der Waals surface area contributed by atoms with Gasteiger partial charge in [0.1, 0.15) is 0 Å². The number of nitrogens with zero attached hydrogens (tertiary/aromatic N) is 3. The van der Waals surface area contributed by atoms with Crippen molar-refractivity contribution in [3.63, 3.8) is 0 Å². The third-order valence-corrected chi connectivity index (χ3v) is 4.10. The van der Waals surface area contributed by atoms with Crippen LogP contribution in [0, 0.1) is 0 Å². The number of hydrogen-bond acceptors (Lipinski definition) is 3. The van der Waals surface area contributed by atoms with Gasteiger partial charge in [0.2, 0.25) is 0 Å². The van der Waals surface area contributed by atoms with Crippen LogP contribution in [-0.4, -0.2) is 21.6 Å². The molecule has 2 heterocycles. The molecule has 3 aromatic rings. The summed E-state index contributed by atoms with van der Waals surface area (Å²) in [6, 6.07) is 14.2. The van der Waals surface area contributed by atoms with Gasteiger partial charge in [-0.15, -0.1) is 0 Å². The minimum Gasteiger partial charge on any atom is -0.268 e. The minimum atomic E-state index is -0.296. The first-order valence-electron chi connectivity index (χ1n) is 7.38. The van der Waals surface area contributed by atoms with Gasteiger partial charge in [-0.25, -0.2) is 4.90 Å². The van der Waals surface area contributed by atoms with Crippen molar-refractivity contribution in [1.29, 1.82) is 0 Å². The Morgan fingerprint density at radius 2 is 1.67 bits per heavy atom. The quantitative estimate of drug-likeness (QED) is 0.688. The molecule has 0 spiro atoms. The second kappa shape index (κ2) is 5.62. The molecule has 1 aromatic heterocycles.